The Morgan fingerprint density at radius 3 is 1.57 bits per heavy atom. The van der Waals surface area contributed by atoms with Crippen molar-refractivity contribution in [2.45, 2.75) is 0 Å². The molecule has 2 amide bonds. The van der Waals surface area contributed by atoms with Crippen LogP contribution in [0.15, 0.2) is 0 Å². The van der Waals surface area contributed by atoms with Crippen LogP contribution in [0.1, 0.15) is 0 Å². The van der Waals surface area contributed by atoms with Crippen LogP contribution in [0.5, 0.6) is 0 Å². The van der Waals surface area contributed by atoms with E-state index in [0.717, 1.165) is 0 Å². The lowest BCUT2D eigenvalue weighted by molar-refractivity contribution is 0.241. The van der Waals surface area contributed by atoms with Crippen molar-refractivity contribution >= 4 is 6.03 Å². The summed E-state index contributed by atoms with van der Waals surface area (Å²) in [5, 5.41) is 0. The molecule has 0 aliphatic heterocycles. The minimum atomic E-state index is -0.602. The van der Waals surface area contributed by atoms with Crippen LogP contribution in [-0.4, -0.2) is 6.03 Å². The van der Waals surface area contributed by atoms with Gasteiger partial charge in [-0.15, -0.1) is 0 Å². The van der Waals surface area contributed by atoms with E-state index in [-0.39, 0.29) is 4.70 Å². The zero-order valence-corrected chi connectivity index (χ0v) is 3.47. The lowest BCUT2D eigenvalue weighted by atomic mass is 11.1. The Morgan fingerprint density at radius 2 is 1.57 bits per heavy atom. The standard InChI is InChI=1S/CH6N4O.FH/c2-4-1(6)5-3;/h2-3H2,(H2,4,5,6);1H. The number of carbonyl (C=O) groups is 1. The molecule has 0 spiro atoms. The molecule has 0 bridgehead atoms. The van der Waals surface area contributed by atoms with Gasteiger partial charge in [0.25, 0.3) is 0 Å². The van der Waals surface area contributed by atoms with Crippen LogP contribution in [0.4, 0.5) is 9.50 Å². The van der Waals surface area contributed by atoms with Crippen molar-refractivity contribution in [1.29, 1.82) is 0 Å². The van der Waals surface area contributed by atoms with Gasteiger partial charge in [0.05, 0.1) is 0 Å². The number of hydrogen-bond donors (Lipinski definition) is 4. The molecule has 7 heavy (non-hydrogen) atoms. The summed E-state index contributed by atoms with van der Waals surface area (Å²) in [6, 6.07) is -0.602. The molecule has 0 saturated heterocycles. The minimum Gasteiger partial charge on any atom is -0.275 e. The monoisotopic (exact) mass is 110 g/mol. The molecule has 6 heteroatoms. The van der Waals surface area contributed by atoms with Gasteiger partial charge in [-0.05, 0) is 0 Å². The predicted octanol–water partition coefficient (Wildman–Crippen LogP) is -1.81. The Kier molecular flexibility index (Phi) is 6.91. The van der Waals surface area contributed by atoms with Crippen molar-refractivity contribution in [3.05, 3.63) is 0 Å². The summed E-state index contributed by atoms with van der Waals surface area (Å²) in [4.78, 5) is 9.71. The summed E-state index contributed by atoms with van der Waals surface area (Å²) in [7, 11) is 0. The highest BCUT2D eigenvalue weighted by molar-refractivity contribution is 5.72. The van der Waals surface area contributed by atoms with Crippen molar-refractivity contribution in [1.82, 2.24) is 10.9 Å². The van der Waals surface area contributed by atoms with Gasteiger partial charge in [0.15, 0.2) is 0 Å². The van der Waals surface area contributed by atoms with Crippen LogP contribution in [0.2, 0.25) is 0 Å². The quantitative estimate of drug-likeness (QED) is 0.168. The van der Waals surface area contributed by atoms with Crippen LogP contribution in [-0.2, 0) is 0 Å². The summed E-state index contributed by atoms with van der Waals surface area (Å²) < 4.78 is 0. The van der Waals surface area contributed by atoms with E-state index in [2.05, 4.69) is 11.7 Å². The van der Waals surface area contributed by atoms with Gasteiger partial charge in [0.2, 0.25) is 0 Å². The van der Waals surface area contributed by atoms with Crippen LogP contribution in [0.3, 0.4) is 0 Å². The molecule has 6 N–H and O–H groups in total. The highest BCUT2D eigenvalue weighted by atomic mass is 19.0. The normalized spacial score (nSPS) is 6.00. The Hall–Kier alpha value is -0.880. The molecule has 0 aromatic heterocycles. The third-order valence-corrected chi connectivity index (χ3v) is 0.262. The molecule has 0 unspecified atom stereocenters. The number of halogens is 1. The predicted molar refractivity (Wildman–Crippen MR) is 22.5 cm³/mol. The van der Waals surface area contributed by atoms with Gasteiger partial charge in [-0.25, -0.2) is 16.5 Å². The van der Waals surface area contributed by atoms with Crippen molar-refractivity contribution in [2.24, 2.45) is 11.7 Å². The number of hydrazine groups is 2. The van der Waals surface area contributed by atoms with Crippen molar-refractivity contribution in [2.75, 3.05) is 0 Å². The van der Waals surface area contributed by atoms with Crippen LogP contribution in [0, 0.1) is 0 Å². The molecule has 0 heterocycles. The highest BCUT2D eigenvalue weighted by Crippen LogP contribution is 1.42. The second-order valence-electron chi connectivity index (χ2n) is 0.618. The van der Waals surface area contributed by atoms with E-state index >= 15 is 0 Å². The second-order valence-corrected chi connectivity index (χ2v) is 0.618. The number of hydrogen-bond acceptors (Lipinski definition) is 3. The fourth-order valence-corrected chi connectivity index (χ4v) is 0.0417. The molecule has 0 radical (unpaired) electrons. The molecular weight excluding hydrogens is 103 g/mol. The summed E-state index contributed by atoms with van der Waals surface area (Å²) in [5.41, 5.74) is 3.48. The second kappa shape index (κ2) is 5.12. The molecular formula is CH7FN4O. The Balaban J connectivity index is 0. The largest absolute Gasteiger partial charge is 0.343 e. The molecule has 0 aliphatic rings. The first-order valence-electron chi connectivity index (χ1n) is 1.28. The third kappa shape index (κ3) is 5.12. The number of rotatable bonds is 0. The Bertz CT molecular complexity index is 49.7. The van der Waals surface area contributed by atoms with Crippen LogP contribution < -0.4 is 22.5 Å². The zero-order chi connectivity index (χ0) is 4.99. The Labute approximate surface area is 39.3 Å². The lowest BCUT2D eigenvalue weighted by Gasteiger charge is -1.90. The van der Waals surface area contributed by atoms with E-state index in [1.165, 1.54) is 0 Å². The first kappa shape index (κ1) is 9.45. The fourth-order valence-electron chi connectivity index (χ4n) is 0.0417. The van der Waals surface area contributed by atoms with Gasteiger partial charge in [-0.3, -0.25) is 15.6 Å². The maximum absolute atomic E-state index is 9.71. The average molecular weight is 110 g/mol. The molecule has 0 atom stereocenters. The van der Waals surface area contributed by atoms with E-state index in [0.29, 0.717) is 0 Å². The van der Waals surface area contributed by atoms with Gasteiger partial charge in [-0.1, -0.05) is 0 Å². The summed E-state index contributed by atoms with van der Waals surface area (Å²) in [6.45, 7) is 0. The molecule has 0 fully saturated rings. The van der Waals surface area contributed by atoms with Crippen molar-refractivity contribution in [3.63, 3.8) is 0 Å². The molecule has 0 saturated carbocycles. The van der Waals surface area contributed by atoms with Crippen LogP contribution >= 0.6 is 0 Å². The molecule has 5 nitrogen and oxygen atoms in total. The number of nitrogens with one attached hydrogen (secondary N) is 2. The van der Waals surface area contributed by atoms with E-state index in [1.54, 1.807) is 10.9 Å². The summed E-state index contributed by atoms with van der Waals surface area (Å²) >= 11 is 0. The summed E-state index contributed by atoms with van der Waals surface area (Å²) in [5.74, 6) is 9.08. The molecule has 0 aromatic carbocycles. The number of carbonyl (C=O) groups excluding carboxylic acids is 1. The number of urea groups is 1. The van der Waals surface area contributed by atoms with Gasteiger partial charge >= 0.3 is 6.03 Å². The summed E-state index contributed by atoms with van der Waals surface area (Å²) in [6.07, 6.45) is 0. The lowest BCUT2D eigenvalue weighted by Crippen LogP contribution is -2.43. The average Bonchev–Trinajstić information content (AvgIpc) is 1.65. The first-order valence-corrected chi connectivity index (χ1v) is 1.28. The topological polar surface area (TPSA) is 93.2 Å². The van der Waals surface area contributed by atoms with E-state index in [9.17, 15) is 4.79 Å². The highest BCUT2D eigenvalue weighted by Gasteiger charge is 1.82. The third-order valence-electron chi connectivity index (χ3n) is 0.262. The SMILES string of the molecule is F.NNC(=O)NN. The van der Waals surface area contributed by atoms with Crippen molar-refractivity contribution < 1.29 is 9.50 Å². The maximum Gasteiger partial charge on any atom is 0.343 e. The zero-order valence-electron chi connectivity index (χ0n) is 3.47. The molecule has 44 valence electrons. The van der Waals surface area contributed by atoms with Crippen molar-refractivity contribution in [3.8, 4) is 0 Å². The van der Waals surface area contributed by atoms with Gasteiger partial charge in [0, 0.05) is 0 Å². The van der Waals surface area contributed by atoms with Gasteiger partial charge in [-0.2, -0.15) is 0 Å². The van der Waals surface area contributed by atoms with E-state index < -0.39 is 6.03 Å². The van der Waals surface area contributed by atoms with Gasteiger partial charge < -0.3 is 0 Å². The molecule has 0 aromatic rings. The van der Waals surface area contributed by atoms with Gasteiger partial charge in [0.1, 0.15) is 0 Å². The smallest absolute Gasteiger partial charge is 0.275 e. The fraction of sp³-hybridized carbons (Fsp3) is 0. The minimum absolute atomic E-state index is 0. The van der Waals surface area contributed by atoms with Crippen LogP contribution in [0.25, 0.3) is 0 Å². The van der Waals surface area contributed by atoms with E-state index in [4.69, 9.17) is 0 Å². The first-order chi connectivity index (χ1) is 2.81. The Morgan fingerprint density at radius 1 is 1.29 bits per heavy atom. The molecule has 0 aliphatic carbocycles. The van der Waals surface area contributed by atoms with E-state index in [1.807, 2.05) is 0 Å². The maximum atomic E-state index is 9.71. The number of nitrogens with two attached hydrogens (primary N) is 2. The number of amides is 2. The molecule has 0 rings (SSSR count).